The summed E-state index contributed by atoms with van der Waals surface area (Å²) in [5.74, 6) is -0.268. The molecule has 0 aliphatic rings. The Bertz CT molecular complexity index is 360. The van der Waals surface area contributed by atoms with Crippen LogP contribution in [-0.2, 0) is 0 Å². The Kier molecular flexibility index (Phi) is 5.69. The second-order valence-corrected chi connectivity index (χ2v) is 5.01. The maximum absolute atomic E-state index is 13.6. The molecule has 3 N–H and O–H groups in total. The van der Waals surface area contributed by atoms with Crippen LogP contribution in [0.4, 0.5) is 8.78 Å². The molecule has 0 spiro atoms. The van der Waals surface area contributed by atoms with E-state index in [9.17, 15) is 8.78 Å². The highest BCUT2D eigenvalue weighted by molar-refractivity contribution is 5.22. The van der Waals surface area contributed by atoms with Crippen LogP contribution in [0.1, 0.15) is 32.4 Å². The summed E-state index contributed by atoms with van der Waals surface area (Å²) in [4.78, 5) is 0. The number of nitrogens with two attached hydrogens (primary N) is 1. The van der Waals surface area contributed by atoms with Crippen molar-refractivity contribution in [2.75, 3.05) is 13.1 Å². The van der Waals surface area contributed by atoms with E-state index in [0.29, 0.717) is 24.9 Å². The van der Waals surface area contributed by atoms with Crippen LogP contribution >= 0.6 is 0 Å². The standard InChI is InChI=1S/C14H22F2N2/c1-9(2)11(7-17)8-18-10(3)14-12(15)5-4-6-13(14)16/h4-6,9-11,18H,7-8,17H2,1-3H3. The molecule has 0 heterocycles. The lowest BCUT2D eigenvalue weighted by atomic mass is 9.95. The molecule has 0 aliphatic heterocycles. The Labute approximate surface area is 108 Å². The van der Waals surface area contributed by atoms with Gasteiger partial charge in [0.1, 0.15) is 11.6 Å². The van der Waals surface area contributed by atoms with Gasteiger partial charge in [-0.15, -0.1) is 0 Å². The number of hydrogen-bond donors (Lipinski definition) is 2. The quantitative estimate of drug-likeness (QED) is 0.821. The fourth-order valence-corrected chi connectivity index (χ4v) is 1.95. The van der Waals surface area contributed by atoms with Crippen LogP contribution in [0.3, 0.4) is 0 Å². The Morgan fingerprint density at radius 1 is 1.17 bits per heavy atom. The predicted octanol–water partition coefficient (Wildman–Crippen LogP) is 2.85. The second kappa shape index (κ2) is 6.81. The number of halogens is 2. The van der Waals surface area contributed by atoms with Crippen molar-refractivity contribution in [1.82, 2.24) is 5.32 Å². The van der Waals surface area contributed by atoms with E-state index in [4.69, 9.17) is 5.73 Å². The minimum Gasteiger partial charge on any atom is -0.330 e. The average molecular weight is 256 g/mol. The SMILES string of the molecule is CC(NCC(CN)C(C)C)c1c(F)cccc1F. The molecule has 2 unspecified atom stereocenters. The molecule has 2 nitrogen and oxygen atoms in total. The van der Waals surface area contributed by atoms with Crippen LogP contribution in [0.25, 0.3) is 0 Å². The van der Waals surface area contributed by atoms with Crippen LogP contribution in [0.15, 0.2) is 18.2 Å². The molecule has 1 aromatic carbocycles. The van der Waals surface area contributed by atoms with Crippen molar-refractivity contribution in [2.24, 2.45) is 17.6 Å². The maximum Gasteiger partial charge on any atom is 0.130 e. The fraction of sp³-hybridized carbons (Fsp3) is 0.571. The topological polar surface area (TPSA) is 38.0 Å². The summed E-state index contributed by atoms with van der Waals surface area (Å²) in [6.07, 6.45) is 0. The molecular weight excluding hydrogens is 234 g/mol. The summed E-state index contributed by atoms with van der Waals surface area (Å²) in [6.45, 7) is 7.16. The van der Waals surface area contributed by atoms with Gasteiger partial charge in [0.15, 0.2) is 0 Å². The molecule has 102 valence electrons. The molecule has 0 bridgehead atoms. The van der Waals surface area contributed by atoms with Gasteiger partial charge in [0.2, 0.25) is 0 Å². The molecule has 0 fully saturated rings. The van der Waals surface area contributed by atoms with Crippen molar-refractivity contribution in [3.63, 3.8) is 0 Å². The fourth-order valence-electron chi connectivity index (χ4n) is 1.95. The van der Waals surface area contributed by atoms with Crippen LogP contribution < -0.4 is 11.1 Å². The molecule has 0 saturated heterocycles. The van der Waals surface area contributed by atoms with Gasteiger partial charge in [0.25, 0.3) is 0 Å². The lowest BCUT2D eigenvalue weighted by Gasteiger charge is -2.23. The number of rotatable bonds is 6. The third-order valence-electron chi connectivity index (χ3n) is 3.36. The summed E-state index contributed by atoms with van der Waals surface area (Å²) in [5.41, 5.74) is 5.76. The highest BCUT2D eigenvalue weighted by Crippen LogP contribution is 2.20. The van der Waals surface area contributed by atoms with Gasteiger partial charge in [0.05, 0.1) is 0 Å². The van der Waals surface area contributed by atoms with Crippen molar-refractivity contribution in [2.45, 2.75) is 26.8 Å². The Balaban J connectivity index is 2.68. The van der Waals surface area contributed by atoms with Gasteiger partial charge in [-0.05, 0) is 44.0 Å². The largest absolute Gasteiger partial charge is 0.330 e. The monoisotopic (exact) mass is 256 g/mol. The zero-order valence-corrected chi connectivity index (χ0v) is 11.2. The number of nitrogens with one attached hydrogen (secondary N) is 1. The molecule has 0 saturated carbocycles. The third kappa shape index (κ3) is 3.75. The van der Waals surface area contributed by atoms with Crippen molar-refractivity contribution in [3.05, 3.63) is 35.4 Å². The molecular formula is C14H22F2N2. The van der Waals surface area contributed by atoms with Crippen molar-refractivity contribution < 1.29 is 8.78 Å². The Morgan fingerprint density at radius 2 is 1.72 bits per heavy atom. The van der Waals surface area contributed by atoms with Crippen LogP contribution in [0.5, 0.6) is 0 Å². The van der Waals surface area contributed by atoms with Gasteiger partial charge in [-0.3, -0.25) is 0 Å². The van der Waals surface area contributed by atoms with Crippen molar-refractivity contribution in [3.8, 4) is 0 Å². The maximum atomic E-state index is 13.6. The Hall–Kier alpha value is -1.00. The first-order valence-electron chi connectivity index (χ1n) is 6.34. The minimum atomic E-state index is -0.510. The molecule has 0 aliphatic carbocycles. The molecule has 1 aromatic rings. The molecule has 0 radical (unpaired) electrons. The molecule has 4 heteroatoms. The normalized spacial score (nSPS) is 14.8. The van der Waals surface area contributed by atoms with Crippen LogP contribution in [0.2, 0.25) is 0 Å². The first kappa shape index (κ1) is 15.1. The van der Waals surface area contributed by atoms with Gasteiger partial charge in [-0.2, -0.15) is 0 Å². The predicted molar refractivity (Wildman–Crippen MR) is 70.2 cm³/mol. The van der Waals surface area contributed by atoms with Crippen molar-refractivity contribution in [1.29, 1.82) is 0 Å². The van der Waals surface area contributed by atoms with Gasteiger partial charge in [-0.1, -0.05) is 19.9 Å². The highest BCUT2D eigenvalue weighted by Gasteiger charge is 2.18. The zero-order valence-electron chi connectivity index (χ0n) is 11.2. The summed E-state index contributed by atoms with van der Waals surface area (Å²) >= 11 is 0. The highest BCUT2D eigenvalue weighted by atomic mass is 19.1. The average Bonchev–Trinajstić information content (AvgIpc) is 2.29. The van der Waals surface area contributed by atoms with E-state index in [0.717, 1.165) is 0 Å². The zero-order chi connectivity index (χ0) is 13.7. The summed E-state index contributed by atoms with van der Waals surface area (Å²) < 4.78 is 27.1. The summed E-state index contributed by atoms with van der Waals surface area (Å²) in [6, 6.07) is 3.57. The van der Waals surface area contributed by atoms with E-state index in [1.807, 2.05) is 0 Å². The Morgan fingerprint density at radius 3 is 2.17 bits per heavy atom. The number of hydrogen-bond acceptors (Lipinski definition) is 2. The first-order chi connectivity index (χ1) is 8.47. The van der Waals surface area contributed by atoms with Gasteiger partial charge >= 0.3 is 0 Å². The molecule has 18 heavy (non-hydrogen) atoms. The van der Waals surface area contributed by atoms with Gasteiger partial charge in [0, 0.05) is 11.6 Å². The number of benzene rings is 1. The van der Waals surface area contributed by atoms with Gasteiger partial charge in [-0.25, -0.2) is 8.78 Å². The minimum absolute atomic E-state index is 0.0945. The molecule has 0 amide bonds. The summed E-state index contributed by atoms with van der Waals surface area (Å²) in [5, 5.41) is 3.15. The molecule has 2 atom stereocenters. The molecule has 0 aromatic heterocycles. The van der Waals surface area contributed by atoms with E-state index in [-0.39, 0.29) is 11.6 Å². The molecule has 1 rings (SSSR count). The van der Waals surface area contributed by atoms with E-state index in [1.165, 1.54) is 18.2 Å². The smallest absolute Gasteiger partial charge is 0.130 e. The third-order valence-corrected chi connectivity index (χ3v) is 3.36. The van der Waals surface area contributed by atoms with E-state index < -0.39 is 11.6 Å². The van der Waals surface area contributed by atoms with Crippen LogP contribution in [-0.4, -0.2) is 13.1 Å². The van der Waals surface area contributed by atoms with E-state index in [2.05, 4.69) is 19.2 Å². The van der Waals surface area contributed by atoms with Crippen LogP contribution in [0, 0.1) is 23.5 Å². The van der Waals surface area contributed by atoms with Gasteiger partial charge < -0.3 is 11.1 Å². The van der Waals surface area contributed by atoms with E-state index in [1.54, 1.807) is 6.92 Å². The lowest BCUT2D eigenvalue weighted by Crippen LogP contribution is -2.33. The summed E-state index contributed by atoms with van der Waals surface area (Å²) in [7, 11) is 0. The lowest BCUT2D eigenvalue weighted by molar-refractivity contribution is 0.351. The second-order valence-electron chi connectivity index (χ2n) is 5.01. The van der Waals surface area contributed by atoms with E-state index >= 15 is 0 Å². The first-order valence-corrected chi connectivity index (χ1v) is 6.34. The van der Waals surface area contributed by atoms with Crippen molar-refractivity contribution >= 4 is 0 Å².